The zero-order valence-corrected chi connectivity index (χ0v) is 39.8. The lowest BCUT2D eigenvalue weighted by atomic mass is 10.0. The second-order valence-corrected chi connectivity index (χ2v) is 18.3. The van der Waals surface area contributed by atoms with Gasteiger partial charge in [0.25, 0.3) is 0 Å². The molecule has 0 aromatic heterocycles. The monoisotopic (exact) mass is 815 g/mol. The predicted molar refractivity (Wildman–Crippen MR) is 255 cm³/mol. The van der Waals surface area contributed by atoms with Gasteiger partial charge in [0.2, 0.25) is 0 Å². The third kappa shape index (κ3) is 45.5. The van der Waals surface area contributed by atoms with Gasteiger partial charge in [-0.2, -0.15) is 0 Å². The Labute approximate surface area is 363 Å². The molecule has 0 spiro atoms. The van der Waals surface area contributed by atoms with Gasteiger partial charge in [0.1, 0.15) is 0 Å². The quantitative estimate of drug-likeness (QED) is 0.0349. The van der Waals surface area contributed by atoms with Crippen LogP contribution in [-0.2, 0) is 19.1 Å². The smallest absolute Gasteiger partial charge is 0.347 e. The molecule has 0 N–H and O–H groups in total. The molecule has 58 heavy (non-hydrogen) atoms. The van der Waals surface area contributed by atoms with Gasteiger partial charge in [0.05, 0.1) is 6.61 Å². The fraction of sp³-hybridized carbons (Fsp3) is 0.889. The summed E-state index contributed by atoms with van der Waals surface area (Å²) in [6.07, 6.45) is 58.7. The summed E-state index contributed by atoms with van der Waals surface area (Å²) in [4.78, 5) is 25.9. The maximum atomic E-state index is 13.1. The molecule has 4 heteroatoms. The second-order valence-electron chi connectivity index (χ2n) is 18.3. The first kappa shape index (κ1) is 56.4. The van der Waals surface area contributed by atoms with Crippen molar-refractivity contribution < 1.29 is 19.1 Å². The molecule has 0 radical (unpaired) electrons. The highest BCUT2D eigenvalue weighted by atomic mass is 16.6. The van der Waals surface area contributed by atoms with Crippen LogP contribution in [-0.4, -0.2) is 24.6 Å². The molecule has 0 aliphatic rings. The van der Waals surface area contributed by atoms with E-state index in [0.29, 0.717) is 19.4 Å². The molecular weight excluding hydrogens is 713 g/mol. The average Bonchev–Trinajstić information content (AvgIpc) is 3.21. The Morgan fingerprint density at radius 1 is 0.414 bits per heavy atom. The van der Waals surface area contributed by atoms with Crippen molar-refractivity contribution in [3.8, 4) is 0 Å². The highest BCUT2D eigenvalue weighted by Gasteiger charge is 2.24. The normalized spacial score (nSPS) is 12.4. The van der Waals surface area contributed by atoms with Gasteiger partial charge in [0, 0.05) is 6.42 Å². The van der Waals surface area contributed by atoms with E-state index in [2.05, 4.69) is 52.0 Å². The molecule has 0 amide bonds. The molecule has 0 aliphatic carbocycles. The number of unbranched alkanes of at least 4 members (excludes halogenated alkanes) is 33. The third-order valence-corrected chi connectivity index (χ3v) is 11.9. The molecule has 0 bridgehead atoms. The largest absolute Gasteiger partial charge is 0.463 e. The summed E-state index contributed by atoms with van der Waals surface area (Å²) in [5, 5.41) is 0. The summed E-state index contributed by atoms with van der Waals surface area (Å²) in [6, 6.07) is 0. The van der Waals surface area contributed by atoms with Gasteiger partial charge in [-0.1, -0.05) is 251 Å². The van der Waals surface area contributed by atoms with Gasteiger partial charge >= 0.3 is 11.9 Å². The minimum atomic E-state index is -0.747. The van der Waals surface area contributed by atoms with Gasteiger partial charge in [0.15, 0.2) is 6.10 Å². The number of carbonyl (C=O) groups is 2. The van der Waals surface area contributed by atoms with Crippen molar-refractivity contribution in [1.29, 1.82) is 0 Å². The van der Waals surface area contributed by atoms with Crippen LogP contribution in [0.4, 0.5) is 0 Å². The fourth-order valence-electron chi connectivity index (χ4n) is 7.91. The topological polar surface area (TPSA) is 52.6 Å². The predicted octanol–water partition coefficient (Wildman–Crippen LogP) is 18.2. The van der Waals surface area contributed by atoms with E-state index >= 15 is 0 Å². The van der Waals surface area contributed by atoms with Crippen molar-refractivity contribution in [3.05, 3.63) is 24.3 Å². The van der Waals surface area contributed by atoms with Crippen LogP contribution in [0.3, 0.4) is 0 Å². The number of carbonyl (C=O) groups excluding carboxylic acids is 2. The minimum Gasteiger partial charge on any atom is -0.463 e. The molecule has 342 valence electrons. The lowest BCUT2D eigenvalue weighted by Gasteiger charge is -2.17. The van der Waals surface area contributed by atoms with Gasteiger partial charge in [-0.3, -0.25) is 4.79 Å². The minimum absolute atomic E-state index is 0.236. The molecule has 0 rings (SSSR count). The Bertz CT molecular complexity index is 891. The zero-order chi connectivity index (χ0) is 42.3. The molecule has 1 unspecified atom stereocenters. The summed E-state index contributed by atoms with van der Waals surface area (Å²) in [5.41, 5.74) is 0. The molecule has 0 aromatic rings. The zero-order valence-electron chi connectivity index (χ0n) is 39.8. The van der Waals surface area contributed by atoms with Crippen LogP contribution in [0.1, 0.15) is 291 Å². The first-order valence-electron chi connectivity index (χ1n) is 26.2. The second kappa shape index (κ2) is 48.1. The molecule has 0 saturated carbocycles. The lowest BCUT2D eigenvalue weighted by molar-refractivity contribution is -0.168. The Morgan fingerprint density at radius 3 is 1.24 bits per heavy atom. The van der Waals surface area contributed by atoms with E-state index in [1.807, 2.05) is 0 Å². The van der Waals surface area contributed by atoms with E-state index in [0.717, 1.165) is 63.7 Å². The lowest BCUT2D eigenvalue weighted by Crippen LogP contribution is -2.29. The van der Waals surface area contributed by atoms with Gasteiger partial charge in [-0.25, -0.2) is 4.79 Å². The van der Waals surface area contributed by atoms with Gasteiger partial charge in [-0.15, -0.1) is 0 Å². The van der Waals surface area contributed by atoms with Crippen LogP contribution >= 0.6 is 0 Å². The van der Waals surface area contributed by atoms with Crippen LogP contribution in [0, 0.1) is 5.92 Å². The standard InChI is InChI=1S/C54H102O4/c1-5-7-9-11-13-15-17-19-21-25-29-33-37-41-45-49-53(55)58-52(48-44-40-36-32-28-24-20-18-16-14-12-10-8-6-2)54(56)57-50-46-42-38-34-30-26-22-23-27-31-35-39-43-47-51(3)4/h13,15,19,21,51-52H,5-12,14,16-18,20,22-50H2,1-4H3/b15-13-,21-19-. The first-order chi connectivity index (χ1) is 28.5. The van der Waals surface area contributed by atoms with E-state index in [-0.39, 0.29) is 11.9 Å². The molecule has 4 nitrogen and oxygen atoms in total. The number of rotatable bonds is 47. The van der Waals surface area contributed by atoms with E-state index in [9.17, 15) is 9.59 Å². The highest BCUT2D eigenvalue weighted by molar-refractivity contribution is 5.79. The van der Waals surface area contributed by atoms with Crippen molar-refractivity contribution in [3.63, 3.8) is 0 Å². The van der Waals surface area contributed by atoms with Gasteiger partial charge in [-0.05, 0) is 63.7 Å². The molecule has 0 fully saturated rings. The van der Waals surface area contributed by atoms with Crippen LogP contribution in [0.2, 0.25) is 0 Å². The number of hydrogen-bond donors (Lipinski definition) is 0. The fourth-order valence-corrected chi connectivity index (χ4v) is 7.91. The summed E-state index contributed by atoms with van der Waals surface area (Å²) >= 11 is 0. The summed E-state index contributed by atoms with van der Waals surface area (Å²) in [7, 11) is 0. The van der Waals surface area contributed by atoms with Crippen LogP contribution in [0.15, 0.2) is 24.3 Å². The number of allylic oxidation sites excluding steroid dienone is 4. The van der Waals surface area contributed by atoms with Crippen molar-refractivity contribution in [1.82, 2.24) is 0 Å². The Morgan fingerprint density at radius 2 is 0.776 bits per heavy atom. The van der Waals surface area contributed by atoms with Crippen molar-refractivity contribution in [2.75, 3.05) is 6.61 Å². The van der Waals surface area contributed by atoms with Crippen LogP contribution in [0.5, 0.6) is 0 Å². The Hall–Kier alpha value is -1.58. The maximum absolute atomic E-state index is 13.1. The van der Waals surface area contributed by atoms with E-state index < -0.39 is 6.10 Å². The van der Waals surface area contributed by atoms with E-state index in [1.54, 1.807) is 0 Å². The van der Waals surface area contributed by atoms with E-state index in [4.69, 9.17) is 9.47 Å². The van der Waals surface area contributed by atoms with Crippen molar-refractivity contribution in [2.24, 2.45) is 5.92 Å². The Kier molecular flexibility index (Phi) is 46.8. The molecule has 0 aromatic carbocycles. The molecule has 0 heterocycles. The number of hydrogen-bond acceptors (Lipinski definition) is 4. The summed E-state index contributed by atoms with van der Waals surface area (Å²) in [6.45, 7) is 9.62. The molecular formula is C54H102O4. The van der Waals surface area contributed by atoms with Crippen LogP contribution in [0.25, 0.3) is 0 Å². The number of esters is 2. The van der Waals surface area contributed by atoms with Gasteiger partial charge < -0.3 is 9.47 Å². The van der Waals surface area contributed by atoms with E-state index in [1.165, 1.54) is 193 Å². The average molecular weight is 815 g/mol. The highest BCUT2D eigenvalue weighted by Crippen LogP contribution is 2.18. The number of ether oxygens (including phenoxy) is 2. The SMILES string of the molecule is CCCCC/C=C\C/C=C\CCCCCCCC(=O)OC(CCCCCCCCCCCCCCCC)C(=O)OCCCCCCCCCCCCCCCC(C)C. The summed E-state index contributed by atoms with van der Waals surface area (Å²) < 4.78 is 11.5. The molecule has 0 saturated heterocycles. The maximum Gasteiger partial charge on any atom is 0.347 e. The Balaban J connectivity index is 4.25. The molecule has 1 atom stereocenters. The van der Waals surface area contributed by atoms with Crippen LogP contribution < -0.4 is 0 Å². The third-order valence-electron chi connectivity index (χ3n) is 11.9. The van der Waals surface area contributed by atoms with Crippen molar-refractivity contribution in [2.45, 2.75) is 297 Å². The molecule has 0 aliphatic heterocycles. The van der Waals surface area contributed by atoms with Crippen molar-refractivity contribution >= 4 is 11.9 Å². The summed E-state index contributed by atoms with van der Waals surface area (Å²) in [5.74, 6) is 0.283. The first-order valence-corrected chi connectivity index (χ1v) is 26.2.